The van der Waals surface area contributed by atoms with Gasteiger partial charge in [-0.15, -0.1) is 0 Å². The van der Waals surface area contributed by atoms with Crippen molar-refractivity contribution in [2.24, 2.45) is 0 Å². The van der Waals surface area contributed by atoms with Gasteiger partial charge in [0.25, 0.3) is 11.7 Å². The van der Waals surface area contributed by atoms with Crippen LogP contribution in [0.2, 0.25) is 0 Å². The highest BCUT2D eigenvalue weighted by Gasteiger charge is 2.45. The molecule has 168 valence electrons. The molecule has 0 radical (unpaired) electrons. The van der Waals surface area contributed by atoms with E-state index in [1.807, 2.05) is 63.2 Å². The van der Waals surface area contributed by atoms with Crippen molar-refractivity contribution in [3.05, 3.63) is 70.8 Å². The number of likely N-dealkylation sites (tertiary alicyclic amines) is 1. The van der Waals surface area contributed by atoms with E-state index in [0.717, 1.165) is 23.3 Å². The molecule has 0 bridgehead atoms. The third-order valence-electron chi connectivity index (χ3n) is 5.82. The fraction of sp³-hybridized carbons (Fsp3) is 0.385. The van der Waals surface area contributed by atoms with Crippen LogP contribution in [0.25, 0.3) is 5.76 Å². The van der Waals surface area contributed by atoms with E-state index >= 15 is 0 Å². The number of hydrogen-bond donors (Lipinski definition) is 1. The normalized spacial score (nSPS) is 21.8. The minimum Gasteiger partial charge on any atom is -0.507 e. The Morgan fingerprint density at radius 1 is 1.19 bits per heavy atom. The number of benzene rings is 2. The standard InChI is InChI=1S/C26H29NO5/c1-16(2)31-13-7-12-27-23(18-8-5-4-6-9-18)22(25(29)26(27)30)24(28)19-10-11-21-20(15-19)14-17(3)32-21/h4-6,8-11,15-17,23,28H,7,12-14H2,1-3H3/b24-22-. The van der Waals surface area contributed by atoms with Crippen LogP contribution >= 0.6 is 0 Å². The number of amides is 1. The summed E-state index contributed by atoms with van der Waals surface area (Å²) in [6, 6.07) is 14.1. The summed E-state index contributed by atoms with van der Waals surface area (Å²) in [5, 5.41) is 11.2. The topological polar surface area (TPSA) is 76.1 Å². The lowest BCUT2D eigenvalue weighted by Crippen LogP contribution is -2.31. The van der Waals surface area contributed by atoms with Crippen molar-refractivity contribution in [2.75, 3.05) is 13.2 Å². The van der Waals surface area contributed by atoms with E-state index in [1.54, 1.807) is 11.0 Å². The number of nitrogens with zero attached hydrogens (tertiary/aromatic N) is 1. The fourth-order valence-electron chi connectivity index (χ4n) is 4.37. The van der Waals surface area contributed by atoms with Crippen LogP contribution in [0.1, 0.15) is 49.9 Å². The summed E-state index contributed by atoms with van der Waals surface area (Å²) in [6.45, 7) is 6.76. The Morgan fingerprint density at radius 2 is 1.94 bits per heavy atom. The summed E-state index contributed by atoms with van der Waals surface area (Å²) in [5.41, 5.74) is 2.41. The average Bonchev–Trinajstić information content (AvgIpc) is 3.27. The largest absolute Gasteiger partial charge is 0.507 e. The highest BCUT2D eigenvalue weighted by atomic mass is 16.5. The number of hydrogen-bond acceptors (Lipinski definition) is 5. The predicted octanol–water partition coefficient (Wildman–Crippen LogP) is 4.25. The maximum atomic E-state index is 13.1. The second-order valence-corrected chi connectivity index (χ2v) is 8.63. The summed E-state index contributed by atoms with van der Waals surface area (Å²) >= 11 is 0. The summed E-state index contributed by atoms with van der Waals surface area (Å²) in [6.07, 6.45) is 1.51. The van der Waals surface area contributed by atoms with Crippen LogP contribution in [-0.2, 0) is 20.7 Å². The second-order valence-electron chi connectivity index (χ2n) is 8.63. The molecule has 6 nitrogen and oxygen atoms in total. The van der Waals surface area contributed by atoms with E-state index < -0.39 is 17.7 Å². The van der Waals surface area contributed by atoms with Gasteiger partial charge in [-0.2, -0.15) is 0 Å². The van der Waals surface area contributed by atoms with E-state index in [0.29, 0.717) is 25.1 Å². The number of carbonyl (C=O) groups excluding carboxylic acids is 2. The molecule has 0 saturated carbocycles. The van der Waals surface area contributed by atoms with E-state index in [2.05, 4.69) is 0 Å². The lowest BCUT2D eigenvalue weighted by atomic mass is 9.94. The number of aliphatic hydroxyl groups excluding tert-OH is 1. The van der Waals surface area contributed by atoms with Crippen LogP contribution in [0.5, 0.6) is 5.75 Å². The molecule has 2 aliphatic rings. The molecule has 32 heavy (non-hydrogen) atoms. The van der Waals surface area contributed by atoms with Gasteiger partial charge in [-0.3, -0.25) is 9.59 Å². The number of rotatable bonds is 7. The maximum absolute atomic E-state index is 13.1. The molecule has 2 aliphatic heterocycles. The molecule has 1 fully saturated rings. The average molecular weight is 436 g/mol. The highest BCUT2D eigenvalue weighted by Crippen LogP contribution is 2.40. The van der Waals surface area contributed by atoms with Crippen molar-refractivity contribution in [1.82, 2.24) is 4.90 Å². The monoisotopic (exact) mass is 435 g/mol. The zero-order valence-electron chi connectivity index (χ0n) is 18.7. The highest BCUT2D eigenvalue weighted by molar-refractivity contribution is 6.46. The molecule has 2 heterocycles. The van der Waals surface area contributed by atoms with Crippen molar-refractivity contribution in [3.63, 3.8) is 0 Å². The van der Waals surface area contributed by atoms with Gasteiger partial charge in [0.15, 0.2) is 0 Å². The molecular weight excluding hydrogens is 406 g/mol. The number of ether oxygens (including phenoxy) is 2. The van der Waals surface area contributed by atoms with E-state index in [4.69, 9.17) is 9.47 Å². The van der Waals surface area contributed by atoms with Crippen molar-refractivity contribution in [2.45, 2.75) is 51.9 Å². The van der Waals surface area contributed by atoms with Gasteiger partial charge >= 0.3 is 0 Å². The molecule has 2 unspecified atom stereocenters. The summed E-state index contributed by atoms with van der Waals surface area (Å²) in [5.74, 6) is -0.617. The molecule has 0 spiro atoms. The molecule has 0 aromatic heterocycles. The first-order valence-corrected chi connectivity index (χ1v) is 11.1. The Hall–Kier alpha value is -3.12. The molecule has 2 aromatic rings. The van der Waals surface area contributed by atoms with Gasteiger partial charge in [0, 0.05) is 25.1 Å². The van der Waals surface area contributed by atoms with Gasteiger partial charge in [-0.05, 0) is 56.5 Å². The van der Waals surface area contributed by atoms with Crippen molar-refractivity contribution >= 4 is 17.4 Å². The molecule has 6 heteroatoms. The Morgan fingerprint density at radius 3 is 2.66 bits per heavy atom. The molecule has 2 atom stereocenters. The summed E-state index contributed by atoms with van der Waals surface area (Å²) in [7, 11) is 0. The summed E-state index contributed by atoms with van der Waals surface area (Å²) < 4.78 is 11.3. The molecule has 1 amide bonds. The van der Waals surface area contributed by atoms with Gasteiger partial charge in [0.05, 0.1) is 17.7 Å². The molecular formula is C26H29NO5. The Balaban J connectivity index is 1.71. The SMILES string of the molecule is CC(C)OCCCN1C(=O)C(=O)/C(=C(\O)c2ccc3c(c2)CC(C)O3)C1c1ccccc1. The van der Waals surface area contributed by atoms with Crippen LogP contribution < -0.4 is 4.74 Å². The third-order valence-corrected chi connectivity index (χ3v) is 5.82. The number of Topliss-reactive ketones (excluding diaryl/α,β-unsaturated/α-hetero) is 1. The minimum atomic E-state index is -0.661. The first-order valence-electron chi connectivity index (χ1n) is 11.1. The summed E-state index contributed by atoms with van der Waals surface area (Å²) in [4.78, 5) is 27.6. The number of aliphatic hydroxyl groups is 1. The van der Waals surface area contributed by atoms with Gasteiger partial charge < -0.3 is 19.5 Å². The first-order chi connectivity index (χ1) is 15.4. The predicted molar refractivity (Wildman–Crippen MR) is 121 cm³/mol. The van der Waals surface area contributed by atoms with E-state index in [-0.39, 0.29) is 23.5 Å². The lowest BCUT2D eigenvalue weighted by Gasteiger charge is -2.25. The Labute approximate surface area is 188 Å². The fourth-order valence-corrected chi connectivity index (χ4v) is 4.37. The minimum absolute atomic E-state index is 0.0744. The Bertz CT molecular complexity index is 1040. The van der Waals surface area contributed by atoms with Gasteiger partial charge in [0.1, 0.15) is 17.6 Å². The van der Waals surface area contributed by atoms with Crippen LogP contribution in [0.4, 0.5) is 0 Å². The number of ketones is 1. The van der Waals surface area contributed by atoms with Crippen molar-refractivity contribution in [3.8, 4) is 5.75 Å². The van der Waals surface area contributed by atoms with Crippen molar-refractivity contribution < 1.29 is 24.2 Å². The van der Waals surface area contributed by atoms with Crippen LogP contribution in [-0.4, -0.2) is 47.1 Å². The molecule has 1 N–H and O–H groups in total. The maximum Gasteiger partial charge on any atom is 0.295 e. The molecule has 4 rings (SSSR count). The van der Waals surface area contributed by atoms with Gasteiger partial charge in [-0.25, -0.2) is 0 Å². The lowest BCUT2D eigenvalue weighted by molar-refractivity contribution is -0.140. The number of fused-ring (bicyclic) bond motifs is 1. The quantitative estimate of drug-likeness (QED) is 0.305. The number of carbonyl (C=O) groups is 2. The van der Waals surface area contributed by atoms with E-state index in [9.17, 15) is 14.7 Å². The third kappa shape index (κ3) is 4.28. The zero-order chi connectivity index (χ0) is 22.8. The van der Waals surface area contributed by atoms with Gasteiger partial charge in [-0.1, -0.05) is 30.3 Å². The first kappa shape index (κ1) is 22.1. The zero-order valence-corrected chi connectivity index (χ0v) is 18.7. The van der Waals surface area contributed by atoms with Crippen LogP contribution in [0.3, 0.4) is 0 Å². The van der Waals surface area contributed by atoms with Crippen molar-refractivity contribution in [1.29, 1.82) is 0 Å². The molecule has 2 aromatic carbocycles. The Kier molecular flexibility index (Phi) is 6.33. The smallest absolute Gasteiger partial charge is 0.295 e. The van der Waals surface area contributed by atoms with Crippen LogP contribution in [0.15, 0.2) is 54.1 Å². The molecule has 1 saturated heterocycles. The van der Waals surface area contributed by atoms with E-state index in [1.165, 1.54) is 0 Å². The van der Waals surface area contributed by atoms with Gasteiger partial charge in [0.2, 0.25) is 0 Å². The second kappa shape index (κ2) is 9.17. The van der Waals surface area contributed by atoms with Crippen LogP contribution in [0, 0.1) is 0 Å². The molecule has 0 aliphatic carbocycles.